The molecule has 0 aromatic heterocycles. The molecule has 0 N–H and O–H groups in total. The summed E-state index contributed by atoms with van der Waals surface area (Å²) in [5, 5.41) is 0. The Labute approximate surface area is 119 Å². The first kappa shape index (κ1) is 16.7. The summed E-state index contributed by atoms with van der Waals surface area (Å²) in [5.74, 6) is -0.0381. The molecule has 0 radical (unpaired) electrons. The van der Waals surface area contributed by atoms with E-state index in [2.05, 4.69) is 26.8 Å². The van der Waals surface area contributed by atoms with Gasteiger partial charge >= 0.3 is 5.97 Å². The van der Waals surface area contributed by atoms with Crippen LogP contribution in [0, 0.1) is 0 Å². The summed E-state index contributed by atoms with van der Waals surface area (Å²) < 4.78 is 5.59. The van der Waals surface area contributed by atoms with Crippen molar-refractivity contribution in [3.63, 3.8) is 0 Å². The molecule has 1 heterocycles. The number of ether oxygens (including phenoxy) is 1. The molecule has 0 spiro atoms. The van der Waals surface area contributed by atoms with Crippen LogP contribution in [0.3, 0.4) is 0 Å². The van der Waals surface area contributed by atoms with Crippen molar-refractivity contribution in [1.29, 1.82) is 0 Å². The molecule has 0 saturated carbocycles. The quantitative estimate of drug-likeness (QED) is 0.408. The van der Waals surface area contributed by atoms with Gasteiger partial charge in [0.15, 0.2) is 0 Å². The van der Waals surface area contributed by atoms with Gasteiger partial charge in [-0.3, -0.25) is 4.79 Å². The molecule has 2 nitrogen and oxygen atoms in total. The van der Waals surface area contributed by atoms with Crippen LogP contribution in [0.5, 0.6) is 0 Å². The normalized spacial score (nSPS) is 15.5. The van der Waals surface area contributed by atoms with Crippen molar-refractivity contribution in [1.82, 2.24) is 0 Å². The van der Waals surface area contributed by atoms with E-state index in [1.54, 1.807) is 0 Å². The third kappa shape index (κ3) is 4.91. The summed E-state index contributed by atoms with van der Waals surface area (Å²) in [4.78, 5) is 11.5. The van der Waals surface area contributed by atoms with Gasteiger partial charge in [0.05, 0.1) is 32.2 Å². The molecule has 3 heteroatoms. The molecular formula is C16H30O2P+. The molecule has 0 amide bonds. The molecule has 0 atom stereocenters. The van der Waals surface area contributed by atoms with Gasteiger partial charge in [-0.2, -0.15) is 0 Å². The van der Waals surface area contributed by atoms with Crippen LogP contribution in [0.25, 0.3) is 0 Å². The van der Waals surface area contributed by atoms with Crippen LogP contribution in [0.2, 0.25) is 0 Å². The zero-order valence-electron chi connectivity index (χ0n) is 12.9. The number of unbranched alkanes of at least 4 members (excludes halogenated alkanes) is 3. The van der Waals surface area contributed by atoms with Crippen molar-refractivity contribution in [2.24, 2.45) is 0 Å². The highest BCUT2D eigenvalue weighted by atomic mass is 31.2. The molecule has 0 fully saturated rings. The summed E-state index contributed by atoms with van der Waals surface area (Å²) in [7, 11) is -1.21. The van der Waals surface area contributed by atoms with Crippen molar-refractivity contribution >= 4 is 13.2 Å². The fourth-order valence-electron chi connectivity index (χ4n) is 2.71. The third-order valence-electron chi connectivity index (χ3n) is 3.95. The van der Waals surface area contributed by atoms with Gasteiger partial charge in [0.1, 0.15) is 0 Å². The van der Waals surface area contributed by atoms with Gasteiger partial charge in [0.25, 0.3) is 0 Å². The number of carbonyl (C=O) groups is 1. The van der Waals surface area contributed by atoms with Crippen LogP contribution in [0.15, 0.2) is 11.6 Å². The lowest BCUT2D eigenvalue weighted by atomic mass is 10.4. The minimum atomic E-state index is -1.21. The molecule has 0 aromatic carbocycles. The van der Waals surface area contributed by atoms with E-state index >= 15 is 0 Å². The Kier molecular flexibility index (Phi) is 7.68. The smallest absolute Gasteiger partial charge is 0.317 e. The Morgan fingerprint density at radius 3 is 1.79 bits per heavy atom. The highest BCUT2D eigenvalue weighted by Gasteiger charge is 2.44. The molecule has 1 aliphatic heterocycles. The zero-order valence-corrected chi connectivity index (χ0v) is 13.8. The first-order valence-electron chi connectivity index (χ1n) is 7.96. The monoisotopic (exact) mass is 285 g/mol. The van der Waals surface area contributed by atoms with Crippen LogP contribution in [0.1, 0.15) is 65.7 Å². The lowest BCUT2D eigenvalue weighted by Gasteiger charge is -2.27. The summed E-state index contributed by atoms with van der Waals surface area (Å²) in [6.45, 7) is 6.76. The van der Waals surface area contributed by atoms with Crippen LogP contribution in [-0.4, -0.2) is 24.5 Å². The van der Waals surface area contributed by atoms with E-state index in [1.165, 1.54) is 57.0 Å². The number of rotatable bonds is 10. The Morgan fingerprint density at radius 1 is 1.00 bits per heavy atom. The molecule has 0 saturated heterocycles. The van der Waals surface area contributed by atoms with Gasteiger partial charge in [-0.15, -0.1) is 0 Å². The van der Waals surface area contributed by atoms with Crippen LogP contribution < -0.4 is 0 Å². The van der Waals surface area contributed by atoms with E-state index in [0.29, 0.717) is 6.42 Å². The second-order valence-electron chi connectivity index (χ2n) is 5.60. The largest absolute Gasteiger partial charge is 0.394 e. The second kappa shape index (κ2) is 8.74. The Hall–Kier alpha value is -0.360. The van der Waals surface area contributed by atoms with Crippen LogP contribution in [-0.2, 0) is 9.53 Å². The topological polar surface area (TPSA) is 26.3 Å². The predicted octanol–water partition coefficient (Wildman–Crippen LogP) is 5.19. The summed E-state index contributed by atoms with van der Waals surface area (Å²) in [5.41, 5.74) is 1.10. The van der Waals surface area contributed by atoms with E-state index in [-0.39, 0.29) is 5.97 Å². The second-order valence-corrected chi connectivity index (χ2v) is 9.67. The molecule has 0 aliphatic carbocycles. The van der Waals surface area contributed by atoms with Gasteiger partial charge < -0.3 is 4.74 Å². The van der Waals surface area contributed by atoms with Crippen LogP contribution >= 0.6 is 7.26 Å². The van der Waals surface area contributed by atoms with E-state index in [4.69, 9.17) is 4.74 Å². The first-order valence-corrected chi connectivity index (χ1v) is 10.3. The molecule has 1 rings (SSSR count). The SMILES string of the molecule is CCCC[P+](CCCC)(CCCC)C1=CCC(=O)O1. The molecular weight excluding hydrogens is 255 g/mol. The minimum Gasteiger partial charge on any atom is -0.394 e. The van der Waals surface area contributed by atoms with Gasteiger partial charge in [-0.25, -0.2) is 0 Å². The molecule has 0 bridgehead atoms. The summed E-state index contributed by atoms with van der Waals surface area (Å²) >= 11 is 0. The van der Waals surface area contributed by atoms with Gasteiger partial charge in [0, 0.05) is 6.08 Å². The summed E-state index contributed by atoms with van der Waals surface area (Å²) in [6.07, 6.45) is 14.0. The standard InChI is InChI=1S/C16H30O2P/c1-4-7-12-19(13-8-5-2,14-9-6-3)16-11-10-15(17)18-16/h11H,4-10,12-14H2,1-3H3/q+1. The van der Waals surface area contributed by atoms with Crippen molar-refractivity contribution < 1.29 is 9.53 Å². The van der Waals surface area contributed by atoms with E-state index < -0.39 is 7.26 Å². The average molecular weight is 285 g/mol. The third-order valence-corrected chi connectivity index (χ3v) is 8.67. The zero-order chi connectivity index (χ0) is 14.1. The number of hydrogen-bond donors (Lipinski definition) is 0. The van der Waals surface area contributed by atoms with Crippen molar-refractivity contribution in [2.45, 2.75) is 65.7 Å². The average Bonchev–Trinajstić information content (AvgIpc) is 2.85. The lowest BCUT2D eigenvalue weighted by Crippen LogP contribution is -2.12. The Morgan fingerprint density at radius 2 is 1.47 bits per heavy atom. The fourth-order valence-corrected chi connectivity index (χ4v) is 7.58. The molecule has 0 unspecified atom stereocenters. The molecule has 1 aliphatic rings. The van der Waals surface area contributed by atoms with E-state index in [9.17, 15) is 4.79 Å². The van der Waals surface area contributed by atoms with E-state index in [0.717, 1.165) is 5.50 Å². The maximum Gasteiger partial charge on any atom is 0.317 e. The maximum atomic E-state index is 11.5. The van der Waals surface area contributed by atoms with Crippen molar-refractivity contribution in [2.75, 3.05) is 18.5 Å². The maximum absolute atomic E-state index is 11.5. The van der Waals surface area contributed by atoms with Gasteiger partial charge in [-0.05, 0) is 19.3 Å². The molecule has 19 heavy (non-hydrogen) atoms. The highest BCUT2D eigenvalue weighted by Crippen LogP contribution is 2.68. The molecule has 110 valence electrons. The Bertz CT molecular complexity index is 288. The first-order chi connectivity index (χ1) is 9.18. The number of hydrogen-bond acceptors (Lipinski definition) is 2. The molecule has 0 aromatic rings. The number of cyclic esters (lactones) is 1. The number of carbonyl (C=O) groups excluding carboxylic acids is 1. The highest BCUT2D eigenvalue weighted by molar-refractivity contribution is 7.79. The fraction of sp³-hybridized carbons (Fsp3) is 0.812. The van der Waals surface area contributed by atoms with Crippen LogP contribution in [0.4, 0.5) is 0 Å². The summed E-state index contributed by atoms with van der Waals surface area (Å²) in [6, 6.07) is 0. The number of esters is 1. The van der Waals surface area contributed by atoms with Gasteiger partial charge in [-0.1, -0.05) is 40.0 Å². The van der Waals surface area contributed by atoms with Crippen molar-refractivity contribution in [3.8, 4) is 0 Å². The lowest BCUT2D eigenvalue weighted by molar-refractivity contribution is -0.135. The van der Waals surface area contributed by atoms with E-state index in [1.807, 2.05) is 0 Å². The van der Waals surface area contributed by atoms with Gasteiger partial charge in [0.2, 0.25) is 5.50 Å². The van der Waals surface area contributed by atoms with Crippen molar-refractivity contribution in [3.05, 3.63) is 11.6 Å². The Balaban J connectivity index is 2.84. The predicted molar refractivity (Wildman–Crippen MR) is 85.0 cm³/mol. The minimum absolute atomic E-state index is 0.0381.